The predicted octanol–water partition coefficient (Wildman–Crippen LogP) is 1.12. The average molecular weight is 235 g/mol. The van der Waals surface area contributed by atoms with Gasteiger partial charge in [-0.05, 0) is 45.0 Å². The van der Waals surface area contributed by atoms with Crippen molar-refractivity contribution in [3.05, 3.63) is 18.3 Å². The summed E-state index contributed by atoms with van der Waals surface area (Å²) in [4.78, 5) is 6.47. The highest BCUT2D eigenvalue weighted by Crippen LogP contribution is 2.17. The molecule has 0 spiro atoms. The number of nitrogens with zero attached hydrogens (tertiary/aromatic N) is 2. The summed E-state index contributed by atoms with van der Waals surface area (Å²) in [7, 11) is 2.19. The third-order valence-corrected chi connectivity index (χ3v) is 3.34. The normalized spacial score (nSPS) is 18.0. The lowest BCUT2D eigenvalue weighted by Gasteiger charge is -2.29. The zero-order valence-electron chi connectivity index (χ0n) is 10.3. The molecule has 2 rings (SSSR count). The van der Waals surface area contributed by atoms with E-state index in [1.807, 2.05) is 12.1 Å². The fraction of sp³-hybridized carbons (Fsp3) is 0.583. The van der Waals surface area contributed by atoms with Crippen molar-refractivity contribution in [3.63, 3.8) is 0 Å². The molecule has 0 atom stereocenters. The van der Waals surface area contributed by atoms with Gasteiger partial charge in [0.1, 0.15) is 5.82 Å². The van der Waals surface area contributed by atoms with Gasteiger partial charge in [0.05, 0.1) is 0 Å². The van der Waals surface area contributed by atoms with E-state index in [-0.39, 0.29) is 0 Å². The highest BCUT2D eigenvalue weighted by molar-refractivity contribution is 5.51. The second-order valence-corrected chi connectivity index (χ2v) is 4.70. The van der Waals surface area contributed by atoms with E-state index in [2.05, 4.69) is 27.7 Å². The van der Waals surface area contributed by atoms with E-state index in [0.717, 1.165) is 18.2 Å². The smallest absolute Gasteiger partial charge is 0.141 e. The number of nitrogens with one attached hydrogen (secondary N) is 2. The molecule has 0 aliphatic carbocycles. The number of aromatic nitrogens is 1. The number of piperidine rings is 1. The lowest BCUT2D eigenvalue weighted by atomic mass is 9.97. The predicted molar refractivity (Wildman–Crippen MR) is 70.8 cm³/mol. The quantitative estimate of drug-likeness (QED) is 0.539. The number of hydrogen-bond acceptors (Lipinski definition) is 5. The monoisotopic (exact) mass is 235 g/mol. The molecule has 17 heavy (non-hydrogen) atoms. The Kier molecular flexibility index (Phi) is 4.17. The van der Waals surface area contributed by atoms with Crippen LogP contribution < -0.4 is 16.6 Å². The van der Waals surface area contributed by atoms with Crippen LogP contribution in [0.1, 0.15) is 12.8 Å². The molecule has 1 fully saturated rings. The largest absolute Gasteiger partial charge is 0.385 e. The fourth-order valence-corrected chi connectivity index (χ4v) is 2.15. The Morgan fingerprint density at radius 1 is 1.47 bits per heavy atom. The summed E-state index contributed by atoms with van der Waals surface area (Å²) < 4.78 is 0. The van der Waals surface area contributed by atoms with Gasteiger partial charge in [-0.3, -0.25) is 0 Å². The van der Waals surface area contributed by atoms with Crippen LogP contribution in [0.5, 0.6) is 0 Å². The minimum Gasteiger partial charge on any atom is -0.385 e. The van der Waals surface area contributed by atoms with E-state index in [4.69, 9.17) is 5.84 Å². The maximum atomic E-state index is 5.33. The summed E-state index contributed by atoms with van der Waals surface area (Å²) in [5.74, 6) is 6.79. The Morgan fingerprint density at radius 2 is 2.24 bits per heavy atom. The Hall–Kier alpha value is -1.33. The van der Waals surface area contributed by atoms with Gasteiger partial charge < -0.3 is 15.6 Å². The van der Waals surface area contributed by atoms with Crippen LogP contribution in [0.25, 0.3) is 0 Å². The van der Waals surface area contributed by atoms with Gasteiger partial charge in [0.15, 0.2) is 0 Å². The molecule has 1 aliphatic heterocycles. The molecular weight excluding hydrogens is 214 g/mol. The molecule has 0 saturated carbocycles. The van der Waals surface area contributed by atoms with Crippen molar-refractivity contribution in [2.24, 2.45) is 11.8 Å². The summed E-state index contributed by atoms with van der Waals surface area (Å²) in [6.07, 6.45) is 4.30. The molecular formula is C12H21N5. The van der Waals surface area contributed by atoms with E-state index in [1.54, 1.807) is 6.20 Å². The minimum absolute atomic E-state index is 0.693. The third-order valence-electron chi connectivity index (χ3n) is 3.34. The van der Waals surface area contributed by atoms with Crippen molar-refractivity contribution in [2.45, 2.75) is 12.8 Å². The molecule has 5 heteroatoms. The first-order chi connectivity index (χ1) is 8.28. The summed E-state index contributed by atoms with van der Waals surface area (Å²) in [6.45, 7) is 3.44. The zero-order valence-corrected chi connectivity index (χ0v) is 10.3. The van der Waals surface area contributed by atoms with Crippen molar-refractivity contribution in [1.82, 2.24) is 9.88 Å². The Bertz CT molecular complexity index is 347. The molecule has 1 aliphatic rings. The van der Waals surface area contributed by atoms with Crippen molar-refractivity contribution in [3.8, 4) is 0 Å². The fourth-order valence-electron chi connectivity index (χ4n) is 2.15. The molecule has 1 aromatic rings. The van der Waals surface area contributed by atoms with E-state index < -0.39 is 0 Å². The third kappa shape index (κ3) is 3.57. The number of hydrogen-bond donors (Lipinski definition) is 3. The maximum absolute atomic E-state index is 5.33. The van der Waals surface area contributed by atoms with Crippen LogP contribution in [0.2, 0.25) is 0 Å². The van der Waals surface area contributed by atoms with E-state index >= 15 is 0 Å². The van der Waals surface area contributed by atoms with Crippen LogP contribution in [0, 0.1) is 5.92 Å². The summed E-state index contributed by atoms with van der Waals surface area (Å²) in [5, 5.41) is 3.45. The van der Waals surface area contributed by atoms with Gasteiger partial charge in [0.2, 0.25) is 0 Å². The Morgan fingerprint density at radius 3 is 2.94 bits per heavy atom. The molecule has 5 nitrogen and oxygen atoms in total. The molecule has 0 aromatic carbocycles. The molecule has 94 valence electrons. The number of pyridine rings is 1. The number of anilines is 2. The molecule has 2 heterocycles. The second kappa shape index (κ2) is 5.84. The highest BCUT2D eigenvalue weighted by Gasteiger charge is 2.16. The van der Waals surface area contributed by atoms with Crippen LogP contribution in [0.3, 0.4) is 0 Å². The molecule has 1 aromatic heterocycles. The van der Waals surface area contributed by atoms with Gasteiger partial charge in [0, 0.05) is 24.5 Å². The van der Waals surface area contributed by atoms with Crippen LogP contribution in [-0.2, 0) is 0 Å². The topological polar surface area (TPSA) is 66.2 Å². The maximum Gasteiger partial charge on any atom is 0.141 e. The van der Waals surface area contributed by atoms with Gasteiger partial charge in [-0.2, -0.15) is 0 Å². The average Bonchev–Trinajstić information content (AvgIpc) is 2.38. The van der Waals surface area contributed by atoms with Gasteiger partial charge >= 0.3 is 0 Å². The first-order valence-corrected chi connectivity index (χ1v) is 6.13. The van der Waals surface area contributed by atoms with Crippen molar-refractivity contribution >= 4 is 11.5 Å². The van der Waals surface area contributed by atoms with Crippen molar-refractivity contribution in [2.75, 3.05) is 37.4 Å². The molecule has 4 N–H and O–H groups in total. The Balaban J connectivity index is 1.81. The molecule has 0 bridgehead atoms. The van der Waals surface area contributed by atoms with Crippen LogP contribution in [0.4, 0.5) is 11.5 Å². The molecule has 0 amide bonds. The van der Waals surface area contributed by atoms with Crippen LogP contribution in [-0.4, -0.2) is 36.6 Å². The number of nitrogens with two attached hydrogens (primary N) is 1. The zero-order chi connectivity index (χ0) is 12.1. The lowest BCUT2D eigenvalue weighted by Crippen LogP contribution is -2.32. The number of hydrazine groups is 1. The summed E-state index contributed by atoms with van der Waals surface area (Å²) in [6, 6.07) is 3.89. The standard InChI is InChI=1S/C12H21N5/c1-17-6-3-10(4-7-17)9-15-11-2-5-14-12(8-11)16-13/h2,5,8,10H,3-4,6-7,9,13H2,1H3,(H2,14,15,16). The minimum atomic E-state index is 0.693. The van der Waals surface area contributed by atoms with E-state index in [1.165, 1.54) is 25.9 Å². The molecule has 0 unspecified atom stereocenters. The SMILES string of the molecule is CN1CCC(CNc2ccnc(NN)c2)CC1. The second-order valence-electron chi connectivity index (χ2n) is 4.70. The van der Waals surface area contributed by atoms with Gasteiger partial charge in [0.25, 0.3) is 0 Å². The highest BCUT2D eigenvalue weighted by atomic mass is 15.2. The van der Waals surface area contributed by atoms with Crippen LogP contribution >= 0.6 is 0 Å². The van der Waals surface area contributed by atoms with Gasteiger partial charge in [-0.15, -0.1) is 0 Å². The number of rotatable bonds is 4. The van der Waals surface area contributed by atoms with Crippen molar-refractivity contribution in [1.29, 1.82) is 0 Å². The number of nitrogen functional groups attached to an aromatic ring is 1. The van der Waals surface area contributed by atoms with Gasteiger partial charge in [-0.25, -0.2) is 10.8 Å². The first kappa shape index (κ1) is 12.1. The molecule has 0 radical (unpaired) electrons. The first-order valence-electron chi connectivity index (χ1n) is 6.13. The Labute approximate surface area is 102 Å². The summed E-state index contributed by atoms with van der Waals surface area (Å²) in [5.41, 5.74) is 3.63. The molecule has 1 saturated heterocycles. The lowest BCUT2D eigenvalue weighted by molar-refractivity contribution is 0.226. The number of likely N-dealkylation sites (tertiary alicyclic amines) is 1. The van der Waals surface area contributed by atoms with Gasteiger partial charge in [-0.1, -0.05) is 0 Å². The van der Waals surface area contributed by atoms with E-state index in [0.29, 0.717) is 5.82 Å². The van der Waals surface area contributed by atoms with Crippen molar-refractivity contribution < 1.29 is 0 Å². The van der Waals surface area contributed by atoms with Crippen LogP contribution in [0.15, 0.2) is 18.3 Å². The van der Waals surface area contributed by atoms with E-state index in [9.17, 15) is 0 Å². The summed E-state index contributed by atoms with van der Waals surface area (Å²) >= 11 is 0.